The number of rotatable bonds is 3. The Morgan fingerprint density at radius 1 is 1.25 bits per heavy atom. The molecule has 3 rings (SSSR count). The van der Waals surface area contributed by atoms with Gasteiger partial charge in [-0.15, -0.1) is 0 Å². The van der Waals surface area contributed by atoms with Gasteiger partial charge in [0.05, 0.1) is 6.61 Å². The minimum Gasteiger partial charge on any atom is -0.381 e. The number of ether oxygens (including phenoxy) is 1. The van der Waals surface area contributed by atoms with Crippen LogP contribution in [0.4, 0.5) is 10.5 Å². The smallest absolute Gasteiger partial charge is 0.321 e. The number of carbonyl (C=O) groups is 1. The zero-order chi connectivity index (χ0) is 17.1. The molecule has 0 aromatic heterocycles. The average Bonchev–Trinajstić information content (AvgIpc) is 3.06. The minimum atomic E-state index is -0.102. The number of amides is 2. The number of anilines is 1. The number of hydrogen-bond acceptors (Lipinski definition) is 3. The van der Waals surface area contributed by atoms with Crippen LogP contribution >= 0.6 is 23.2 Å². The van der Waals surface area contributed by atoms with Gasteiger partial charge in [0, 0.05) is 55.1 Å². The molecule has 2 saturated heterocycles. The zero-order valence-electron chi connectivity index (χ0n) is 13.9. The van der Waals surface area contributed by atoms with Crippen LogP contribution in [0.3, 0.4) is 0 Å². The molecule has 0 aliphatic carbocycles. The van der Waals surface area contributed by atoms with Gasteiger partial charge in [0.2, 0.25) is 0 Å². The van der Waals surface area contributed by atoms with Gasteiger partial charge in [-0.3, -0.25) is 4.90 Å². The van der Waals surface area contributed by atoms with E-state index < -0.39 is 0 Å². The van der Waals surface area contributed by atoms with Crippen molar-refractivity contribution in [2.24, 2.45) is 5.92 Å². The van der Waals surface area contributed by atoms with Gasteiger partial charge >= 0.3 is 6.03 Å². The topological polar surface area (TPSA) is 44.8 Å². The van der Waals surface area contributed by atoms with Crippen molar-refractivity contribution in [2.45, 2.75) is 13.3 Å². The first kappa shape index (κ1) is 17.8. The fourth-order valence-corrected chi connectivity index (χ4v) is 3.63. The number of piperazine rings is 1. The average molecular weight is 372 g/mol. The summed E-state index contributed by atoms with van der Waals surface area (Å²) < 4.78 is 5.43. The molecule has 2 fully saturated rings. The maximum atomic E-state index is 12.4. The monoisotopic (exact) mass is 371 g/mol. The molecule has 2 aliphatic heterocycles. The van der Waals surface area contributed by atoms with Crippen molar-refractivity contribution in [3.05, 3.63) is 27.7 Å². The van der Waals surface area contributed by atoms with Crippen LogP contribution in [0.1, 0.15) is 12.0 Å². The maximum Gasteiger partial charge on any atom is 0.321 e. The highest BCUT2D eigenvalue weighted by Gasteiger charge is 2.25. The Bertz CT molecular complexity index is 574. The van der Waals surface area contributed by atoms with Crippen molar-refractivity contribution >= 4 is 34.9 Å². The summed E-state index contributed by atoms with van der Waals surface area (Å²) in [5.74, 6) is 0.641. The molecule has 2 amide bonds. The first-order valence-corrected chi connectivity index (χ1v) is 9.10. The summed E-state index contributed by atoms with van der Waals surface area (Å²) in [7, 11) is 0. The van der Waals surface area contributed by atoms with E-state index in [1.165, 1.54) is 0 Å². The summed E-state index contributed by atoms with van der Waals surface area (Å²) in [6.07, 6.45) is 1.15. The van der Waals surface area contributed by atoms with Gasteiger partial charge in [0.15, 0.2) is 0 Å². The number of halogens is 2. The number of carbonyl (C=O) groups excluding carboxylic acids is 1. The lowest BCUT2D eigenvalue weighted by atomic mass is 10.1. The maximum absolute atomic E-state index is 12.4. The summed E-state index contributed by atoms with van der Waals surface area (Å²) in [5, 5.41) is 4.00. The highest BCUT2D eigenvalue weighted by molar-refractivity contribution is 6.36. The van der Waals surface area contributed by atoms with E-state index in [0.717, 1.165) is 57.9 Å². The zero-order valence-corrected chi connectivity index (χ0v) is 15.4. The summed E-state index contributed by atoms with van der Waals surface area (Å²) in [5.41, 5.74) is 1.45. The molecule has 1 atom stereocenters. The summed E-state index contributed by atoms with van der Waals surface area (Å²) in [6.45, 7) is 7.94. The van der Waals surface area contributed by atoms with Crippen molar-refractivity contribution in [3.63, 3.8) is 0 Å². The third kappa shape index (κ3) is 4.33. The largest absolute Gasteiger partial charge is 0.381 e. The Labute approximate surface area is 152 Å². The third-order valence-corrected chi connectivity index (χ3v) is 5.52. The molecule has 5 nitrogen and oxygen atoms in total. The van der Waals surface area contributed by atoms with Crippen molar-refractivity contribution in [1.29, 1.82) is 0 Å². The molecular weight excluding hydrogens is 349 g/mol. The Hall–Kier alpha value is -1.01. The molecule has 132 valence electrons. The van der Waals surface area contributed by atoms with Gasteiger partial charge in [-0.1, -0.05) is 23.2 Å². The first-order chi connectivity index (χ1) is 11.5. The van der Waals surface area contributed by atoms with E-state index in [-0.39, 0.29) is 6.03 Å². The highest BCUT2D eigenvalue weighted by atomic mass is 35.5. The molecule has 2 aliphatic rings. The van der Waals surface area contributed by atoms with Crippen molar-refractivity contribution < 1.29 is 9.53 Å². The quantitative estimate of drug-likeness (QED) is 0.884. The molecule has 0 radical (unpaired) electrons. The third-order valence-electron chi connectivity index (χ3n) is 4.73. The molecule has 0 saturated carbocycles. The van der Waals surface area contributed by atoms with Gasteiger partial charge in [-0.05, 0) is 37.0 Å². The summed E-state index contributed by atoms with van der Waals surface area (Å²) in [6, 6.07) is 3.36. The fraction of sp³-hybridized carbons (Fsp3) is 0.588. The van der Waals surface area contributed by atoms with Crippen LogP contribution in [0, 0.1) is 12.8 Å². The molecule has 7 heteroatoms. The van der Waals surface area contributed by atoms with Crippen molar-refractivity contribution in [3.8, 4) is 0 Å². The van der Waals surface area contributed by atoms with Crippen LogP contribution in [0.25, 0.3) is 0 Å². The molecular formula is C17H23Cl2N3O2. The summed E-state index contributed by atoms with van der Waals surface area (Å²) >= 11 is 12.2. The van der Waals surface area contributed by atoms with Gasteiger partial charge in [-0.2, -0.15) is 0 Å². The second kappa shape index (κ2) is 7.91. The molecule has 1 aromatic rings. The van der Waals surface area contributed by atoms with Gasteiger partial charge in [-0.25, -0.2) is 4.79 Å². The number of benzene rings is 1. The van der Waals surface area contributed by atoms with Crippen LogP contribution < -0.4 is 5.32 Å². The van der Waals surface area contributed by atoms with Crippen LogP contribution in [-0.2, 0) is 4.74 Å². The lowest BCUT2D eigenvalue weighted by Crippen LogP contribution is -2.51. The first-order valence-electron chi connectivity index (χ1n) is 8.34. The number of nitrogens with zero attached hydrogens (tertiary/aromatic N) is 2. The van der Waals surface area contributed by atoms with Gasteiger partial charge < -0.3 is 15.0 Å². The Morgan fingerprint density at radius 3 is 2.50 bits per heavy atom. The standard InChI is InChI=1S/C17H23Cl2N3O2/c1-12-15(18)8-14(9-16(12)19)20-17(23)22-5-3-21(4-6-22)10-13-2-7-24-11-13/h8-9,13H,2-7,10-11H2,1H3,(H,20,23). The van der Waals surface area contributed by atoms with E-state index in [0.29, 0.717) is 21.7 Å². The lowest BCUT2D eigenvalue weighted by Gasteiger charge is -2.35. The van der Waals surface area contributed by atoms with Crippen molar-refractivity contribution in [2.75, 3.05) is 51.3 Å². The summed E-state index contributed by atoms with van der Waals surface area (Å²) in [4.78, 5) is 16.7. The molecule has 0 spiro atoms. The predicted molar refractivity (Wildman–Crippen MR) is 97.2 cm³/mol. The SMILES string of the molecule is Cc1c(Cl)cc(NC(=O)N2CCN(CC3CCOC3)CC2)cc1Cl. The van der Waals surface area contributed by atoms with E-state index >= 15 is 0 Å². The number of urea groups is 1. The normalized spacial score (nSPS) is 22.0. The second-order valence-corrected chi connectivity index (χ2v) is 7.33. The molecule has 1 N–H and O–H groups in total. The van der Waals surface area contributed by atoms with Gasteiger partial charge in [0.1, 0.15) is 0 Å². The van der Waals surface area contributed by atoms with Gasteiger partial charge in [0.25, 0.3) is 0 Å². The number of nitrogens with one attached hydrogen (secondary N) is 1. The van der Waals surface area contributed by atoms with E-state index in [9.17, 15) is 4.79 Å². The van der Waals surface area contributed by atoms with E-state index in [4.69, 9.17) is 27.9 Å². The second-order valence-electron chi connectivity index (χ2n) is 6.51. The van der Waals surface area contributed by atoms with Crippen LogP contribution in [0.5, 0.6) is 0 Å². The molecule has 2 heterocycles. The van der Waals surface area contributed by atoms with E-state index in [1.54, 1.807) is 12.1 Å². The van der Waals surface area contributed by atoms with Crippen LogP contribution in [0.15, 0.2) is 12.1 Å². The van der Waals surface area contributed by atoms with E-state index in [2.05, 4.69) is 10.2 Å². The highest BCUT2D eigenvalue weighted by Crippen LogP contribution is 2.28. The molecule has 0 bridgehead atoms. The van der Waals surface area contributed by atoms with Crippen LogP contribution in [0.2, 0.25) is 10.0 Å². The van der Waals surface area contributed by atoms with E-state index in [1.807, 2.05) is 11.8 Å². The van der Waals surface area contributed by atoms with Crippen LogP contribution in [-0.4, -0.2) is 61.8 Å². The Kier molecular flexibility index (Phi) is 5.87. The predicted octanol–water partition coefficient (Wildman–Crippen LogP) is 3.49. The molecule has 1 unspecified atom stereocenters. The van der Waals surface area contributed by atoms with Crippen molar-refractivity contribution in [1.82, 2.24) is 9.80 Å². The Morgan fingerprint density at radius 2 is 1.92 bits per heavy atom. The number of hydrogen-bond donors (Lipinski definition) is 1. The molecule has 1 aromatic carbocycles. The Balaban J connectivity index is 1.50. The fourth-order valence-electron chi connectivity index (χ4n) is 3.15. The minimum absolute atomic E-state index is 0.102. The molecule has 24 heavy (non-hydrogen) atoms. The lowest BCUT2D eigenvalue weighted by molar-refractivity contribution is 0.124.